The normalized spacial score (nSPS) is 17.4. The van der Waals surface area contributed by atoms with E-state index in [1.165, 1.54) is 37.0 Å². The molecule has 7 heteroatoms. The van der Waals surface area contributed by atoms with Crippen LogP contribution in [-0.2, 0) is 13.0 Å². The molecule has 2 aliphatic rings. The number of nitrogens with zero attached hydrogens (tertiary/aromatic N) is 2. The van der Waals surface area contributed by atoms with E-state index in [1.807, 2.05) is 4.90 Å². The molecule has 1 fully saturated rings. The second-order valence-corrected chi connectivity index (χ2v) is 7.61. The Bertz CT molecular complexity index is 981. The van der Waals surface area contributed by atoms with Crippen LogP contribution in [0.4, 0.5) is 4.39 Å². The van der Waals surface area contributed by atoms with Crippen LogP contribution >= 0.6 is 11.6 Å². The Balaban J connectivity index is 1.43. The van der Waals surface area contributed by atoms with E-state index >= 15 is 0 Å². The van der Waals surface area contributed by atoms with Crippen LogP contribution in [0, 0.1) is 5.82 Å². The van der Waals surface area contributed by atoms with Crippen molar-refractivity contribution in [3.8, 4) is 0 Å². The fourth-order valence-corrected chi connectivity index (χ4v) is 4.09. The molecule has 2 aromatic heterocycles. The number of fused-ring (bicyclic) bond motifs is 2. The van der Waals surface area contributed by atoms with Gasteiger partial charge in [-0.3, -0.25) is 9.89 Å². The summed E-state index contributed by atoms with van der Waals surface area (Å²) in [4.78, 5) is 17.9. The molecule has 0 atom stereocenters. The number of benzene rings is 1. The summed E-state index contributed by atoms with van der Waals surface area (Å²) in [6, 6.07) is 4.56. The maximum Gasteiger partial charge on any atom is 0.270 e. The van der Waals surface area contributed by atoms with Gasteiger partial charge in [0.05, 0.1) is 10.7 Å². The lowest BCUT2D eigenvalue weighted by molar-refractivity contribution is 0.0728. The van der Waals surface area contributed by atoms with E-state index in [2.05, 4.69) is 15.2 Å². The van der Waals surface area contributed by atoms with Crippen LogP contribution in [0.2, 0.25) is 5.02 Å². The minimum absolute atomic E-state index is 0.0458. The minimum Gasteiger partial charge on any atom is -0.350 e. The van der Waals surface area contributed by atoms with Crippen molar-refractivity contribution >= 4 is 28.4 Å². The molecular weight excluding hydrogens is 355 g/mol. The van der Waals surface area contributed by atoms with Gasteiger partial charge in [-0.2, -0.15) is 5.10 Å². The zero-order valence-corrected chi connectivity index (χ0v) is 14.9. The third-order valence-corrected chi connectivity index (χ3v) is 5.93. The quantitative estimate of drug-likeness (QED) is 0.709. The van der Waals surface area contributed by atoms with Gasteiger partial charge in [0.1, 0.15) is 11.5 Å². The van der Waals surface area contributed by atoms with Crippen LogP contribution in [0.5, 0.6) is 0 Å². The second kappa shape index (κ2) is 5.84. The summed E-state index contributed by atoms with van der Waals surface area (Å²) >= 11 is 5.83. The highest BCUT2D eigenvalue weighted by molar-refractivity contribution is 6.31. The Hall–Kier alpha value is -2.34. The molecule has 3 heterocycles. The van der Waals surface area contributed by atoms with Gasteiger partial charge in [0.25, 0.3) is 5.91 Å². The van der Waals surface area contributed by atoms with Crippen LogP contribution in [0.3, 0.4) is 0 Å². The lowest BCUT2D eigenvalue weighted by Crippen LogP contribution is -2.36. The third-order valence-electron chi connectivity index (χ3n) is 5.64. The molecule has 0 spiro atoms. The zero-order chi connectivity index (χ0) is 17.8. The molecule has 134 valence electrons. The maximum atomic E-state index is 13.7. The van der Waals surface area contributed by atoms with Crippen LogP contribution < -0.4 is 0 Å². The van der Waals surface area contributed by atoms with Crippen molar-refractivity contribution in [1.29, 1.82) is 0 Å². The molecule has 3 aromatic rings. The number of H-pyrrole nitrogens is 2. The molecule has 1 saturated carbocycles. The summed E-state index contributed by atoms with van der Waals surface area (Å²) in [7, 11) is 0. The van der Waals surface area contributed by atoms with Crippen molar-refractivity contribution in [2.45, 2.75) is 38.1 Å². The van der Waals surface area contributed by atoms with Gasteiger partial charge in [0, 0.05) is 47.6 Å². The zero-order valence-electron chi connectivity index (χ0n) is 14.1. The van der Waals surface area contributed by atoms with E-state index in [-0.39, 0.29) is 10.9 Å². The SMILES string of the molecule is O=C(c1cc2cc(F)c(Cl)cc2[nH]1)N1CCc2[nH]nc(C3CCC3)c2C1. The Morgan fingerprint density at radius 2 is 2.15 bits per heavy atom. The number of hydrogen-bond donors (Lipinski definition) is 2. The van der Waals surface area contributed by atoms with Crippen molar-refractivity contribution in [2.24, 2.45) is 0 Å². The molecule has 1 aliphatic carbocycles. The molecule has 0 saturated heterocycles. The van der Waals surface area contributed by atoms with Gasteiger partial charge in [0.15, 0.2) is 0 Å². The van der Waals surface area contributed by atoms with E-state index in [0.29, 0.717) is 35.6 Å². The van der Waals surface area contributed by atoms with Gasteiger partial charge in [-0.15, -0.1) is 0 Å². The number of hydrogen-bond acceptors (Lipinski definition) is 2. The largest absolute Gasteiger partial charge is 0.350 e. The summed E-state index contributed by atoms with van der Waals surface area (Å²) in [6.07, 6.45) is 4.39. The van der Waals surface area contributed by atoms with E-state index in [0.717, 1.165) is 17.8 Å². The highest BCUT2D eigenvalue weighted by Crippen LogP contribution is 2.39. The van der Waals surface area contributed by atoms with E-state index < -0.39 is 5.82 Å². The molecule has 5 nitrogen and oxygen atoms in total. The lowest BCUT2D eigenvalue weighted by atomic mass is 9.81. The maximum absolute atomic E-state index is 13.7. The molecule has 0 radical (unpaired) electrons. The number of carbonyl (C=O) groups is 1. The number of nitrogens with one attached hydrogen (secondary N) is 2. The van der Waals surface area contributed by atoms with Crippen molar-refractivity contribution in [2.75, 3.05) is 6.54 Å². The van der Waals surface area contributed by atoms with Gasteiger partial charge in [-0.05, 0) is 31.0 Å². The third kappa shape index (κ3) is 2.43. The van der Waals surface area contributed by atoms with E-state index in [1.54, 1.807) is 6.07 Å². The first kappa shape index (κ1) is 15.9. The Kier molecular flexibility index (Phi) is 3.57. The first-order chi connectivity index (χ1) is 12.6. The molecule has 0 bridgehead atoms. The average Bonchev–Trinajstić information content (AvgIpc) is 3.17. The minimum atomic E-state index is -0.483. The predicted octanol–water partition coefficient (Wildman–Crippen LogP) is 4.15. The smallest absolute Gasteiger partial charge is 0.270 e. The van der Waals surface area contributed by atoms with Crippen molar-refractivity contribution in [1.82, 2.24) is 20.1 Å². The molecule has 2 N–H and O–H groups in total. The Morgan fingerprint density at radius 1 is 1.31 bits per heavy atom. The average molecular weight is 373 g/mol. The number of aromatic amines is 2. The number of rotatable bonds is 2. The fourth-order valence-electron chi connectivity index (χ4n) is 3.92. The number of carbonyl (C=O) groups excluding carboxylic acids is 1. The summed E-state index contributed by atoms with van der Waals surface area (Å²) < 4.78 is 13.7. The van der Waals surface area contributed by atoms with Crippen LogP contribution in [0.15, 0.2) is 18.2 Å². The van der Waals surface area contributed by atoms with E-state index in [9.17, 15) is 9.18 Å². The standard InChI is InChI=1S/C19H18ClFN4O/c20-13-8-16-11(6-14(13)21)7-17(22-16)19(26)25-5-4-15-12(9-25)18(24-23-15)10-2-1-3-10/h6-8,10,22H,1-5,9H2,(H,23,24). The van der Waals surface area contributed by atoms with E-state index in [4.69, 9.17) is 11.6 Å². The number of aromatic nitrogens is 3. The number of halogens is 2. The van der Waals surface area contributed by atoms with Crippen LogP contribution in [0.1, 0.15) is 52.6 Å². The van der Waals surface area contributed by atoms with Crippen LogP contribution in [0.25, 0.3) is 10.9 Å². The van der Waals surface area contributed by atoms with Gasteiger partial charge in [0.2, 0.25) is 0 Å². The monoisotopic (exact) mass is 372 g/mol. The molecule has 26 heavy (non-hydrogen) atoms. The topological polar surface area (TPSA) is 64.8 Å². The summed E-state index contributed by atoms with van der Waals surface area (Å²) in [5, 5.41) is 8.36. The van der Waals surface area contributed by atoms with Gasteiger partial charge < -0.3 is 9.88 Å². The Labute approximate surface area is 154 Å². The molecule has 1 amide bonds. The summed E-state index contributed by atoms with van der Waals surface area (Å²) in [6.45, 7) is 1.21. The van der Waals surface area contributed by atoms with Gasteiger partial charge in [-0.25, -0.2) is 4.39 Å². The second-order valence-electron chi connectivity index (χ2n) is 7.21. The molecule has 1 aliphatic heterocycles. The highest BCUT2D eigenvalue weighted by Gasteiger charge is 2.31. The molecule has 0 unspecified atom stereocenters. The Morgan fingerprint density at radius 3 is 2.92 bits per heavy atom. The number of amides is 1. The predicted molar refractivity (Wildman–Crippen MR) is 96.9 cm³/mol. The first-order valence-corrected chi connectivity index (χ1v) is 9.31. The highest BCUT2D eigenvalue weighted by atomic mass is 35.5. The summed E-state index contributed by atoms with van der Waals surface area (Å²) in [5.74, 6) is -0.0318. The molecule has 1 aromatic carbocycles. The first-order valence-electron chi connectivity index (χ1n) is 8.93. The van der Waals surface area contributed by atoms with Gasteiger partial charge in [-0.1, -0.05) is 18.0 Å². The van der Waals surface area contributed by atoms with Crippen molar-refractivity contribution in [3.05, 3.63) is 51.7 Å². The van der Waals surface area contributed by atoms with Gasteiger partial charge >= 0.3 is 0 Å². The fraction of sp³-hybridized carbons (Fsp3) is 0.368. The van der Waals surface area contributed by atoms with Crippen molar-refractivity contribution in [3.63, 3.8) is 0 Å². The van der Waals surface area contributed by atoms with Crippen molar-refractivity contribution < 1.29 is 9.18 Å². The molecule has 5 rings (SSSR count). The van der Waals surface area contributed by atoms with Crippen LogP contribution in [-0.4, -0.2) is 32.5 Å². The molecular formula is C19H18ClFN4O. The summed E-state index contributed by atoms with van der Waals surface area (Å²) in [5.41, 5.74) is 4.59. The lowest BCUT2D eigenvalue weighted by Gasteiger charge is -2.30.